The molecule has 2 atom stereocenters. The van der Waals surface area contributed by atoms with E-state index in [0.29, 0.717) is 54.6 Å². The molecule has 552 valence electrons. The van der Waals surface area contributed by atoms with E-state index < -0.39 is 67.5 Å². The molecule has 22 nitrogen and oxygen atoms in total. The number of carbonyl (C=O) groups excluding carboxylic acids is 3. The summed E-state index contributed by atoms with van der Waals surface area (Å²) >= 11 is 0. The van der Waals surface area contributed by atoms with Crippen molar-refractivity contribution >= 4 is 56.1 Å². The van der Waals surface area contributed by atoms with E-state index in [0.717, 1.165) is 104 Å². The van der Waals surface area contributed by atoms with Crippen molar-refractivity contribution < 1.29 is 64.8 Å². The van der Waals surface area contributed by atoms with E-state index in [4.69, 9.17) is 23.7 Å². The predicted octanol–water partition coefficient (Wildman–Crippen LogP) is 12.9. The molecule has 103 heavy (non-hydrogen) atoms. The van der Waals surface area contributed by atoms with Crippen molar-refractivity contribution in [2.75, 3.05) is 46.0 Å². The molecule has 7 N–H and O–H groups in total. The molecule has 2 heterocycles. The van der Waals surface area contributed by atoms with Crippen LogP contribution in [0.15, 0.2) is 129 Å². The van der Waals surface area contributed by atoms with Gasteiger partial charge in [-0.2, -0.15) is 0 Å². The summed E-state index contributed by atoms with van der Waals surface area (Å²) in [6, 6.07) is 29.8. The lowest BCUT2D eigenvalue weighted by Gasteiger charge is -2.20. The summed E-state index contributed by atoms with van der Waals surface area (Å²) < 4.78 is 89.9. The van der Waals surface area contributed by atoms with Gasteiger partial charge in [-0.25, -0.2) is 45.5 Å². The third-order valence-electron chi connectivity index (χ3n) is 19.3. The number of nitrogens with one attached hydrogen (secondary N) is 6. The van der Waals surface area contributed by atoms with E-state index in [1.807, 2.05) is 154 Å². The number of benzene rings is 6. The van der Waals surface area contributed by atoms with Gasteiger partial charge in [0, 0.05) is 62.0 Å². The first-order valence-corrected chi connectivity index (χ1v) is 38.5. The van der Waals surface area contributed by atoms with Gasteiger partial charge in [-0.15, -0.1) is 0 Å². The third-order valence-corrected chi connectivity index (χ3v) is 22.5. The molecule has 24 heteroatoms. The largest absolute Gasteiger partial charge is 0.487 e. The smallest absolute Gasteiger partial charge is 0.407 e. The first-order valence-electron chi connectivity index (χ1n) is 35.5. The molecule has 10 rings (SSSR count). The minimum absolute atomic E-state index is 0.0161. The fraction of sp³-hybridized carbons (Fsp3) is 0.443. The standard InChI is InChI=1S/C41H52N4O7S.C38H48N4O7S/c1-8-10-21-42-39(45-53(48,49)37-27(4)26(3)36-33(28(37)5)24-41(6,7)52-36)43-22-15-20-35(38(46)50-23-9-2)44-40(47)51-25-34-31-18-13-11-16-29(31)30-17-12-14-19-32(30)34;1-7-8-19-39-36(42-50(46,47)34-24(3)23(2)33-30(25(34)4)21-38(5,6)49-33)40-20-13-18-32(35(43)44)41-37(45)48-22-31-28-16-11-9-14-26(28)27-15-10-12-17-29(27)31/h9,11-14,16-19,34-35H,2,8,10,15,20-25H2,1,3-7H3,(H,44,47)(H2,42,43,45);9-12,14-17,31-32H,7-8,13,18-22H2,1-6H3,(H,41,45)(H,43,44)(H2,39,40,42)/t35-;32-/m00/s1. The van der Waals surface area contributed by atoms with Gasteiger partial charge >= 0.3 is 24.1 Å². The van der Waals surface area contributed by atoms with Gasteiger partial charge in [-0.05, 0) is 186 Å². The first-order chi connectivity index (χ1) is 49.0. The normalized spacial score (nSPS) is 15.2. The highest BCUT2D eigenvalue weighted by Crippen LogP contribution is 2.48. The Balaban J connectivity index is 0.000000240. The summed E-state index contributed by atoms with van der Waals surface area (Å²) in [6.07, 6.45) is 5.35. The maximum Gasteiger partial charge on any atom is 0.407 e. The van der Waals surface area contributed by atoms with Crippen molar-refractivity contribution in [2.45, 2.75) is 192 Å². The number of amides is 2. The zero-order chi connectivity index (χ0) is 74.6. The third kappa shape index (κ3) is 18.5. The number of hydrogen-bond donors (Lipinski definition) is 7. The number of rotatable bonds is 28. The number of aliphatic imine (C=N–C) groups is 2. The van der Waals surface area contributed by atoms with Gasteiger partial charge in [0.2, 0.25) is 11.9 Å². The predicted molar refractivity (Wildman–Crippen MR) is 400 cm³/mol. The number of carboxylic acid groups (broad SMARTS) is 1. The summed E-state index contributed by atoms with van der Waals surface area (Å²) in [7, 11) is -8.08. The Kier molecular flexibility index (Phi) is 25.5. The average Bonchev–Trinajstić information content (AvgIpc) is 1.70. The number of guanidine groups is 2. The van der Waals surface area contributed by atoms with Crippen molar-refractivity contribution in [3.05, 3.63) is 176 Å². The number of nitrogens with zero attached hydrogens (tertiary/aromatic N) is 2. The molecule has 0 fully saturated rings. The Hall–Kier alpha value is -9.42. The minimum Gasteiger partial charge on any atom is -0.487 e. The van der Waals surface area contributed by atoms with Crippen molar-refractivity contribution in [1.29, 1.82) is 0 Å². The number of fused-ring (bicyclic) bond motifs is 8. The summed E-state index contributed by atoms with van der Waals surface area (Å²) in [6.45, 7) is 28.0. The molecule has 0 unspecified atom stereocenters. The second-order valence-electron chi connectivity index (χ2n) is 27.9. The minimum atomic E-state index is -4.04. The molecule has 0 saturated carbocycles. The number of alkyl carbamates (subject to hydrolysis) is 2. The lowest BCUT2D eigenvalue weighted by Crippen LogP contribution is -2.43. The Labute approximate surface area is 606 Å². The Bertz CT molecular complexity index is 4360. The van der Waals surface area contributed by atoms with Crippen molar-refractivity contribution in [3.8, 4) is 33.8 Å². The van der Waals surface area contributed by atoms with Crippen LogP contribution in [-0.4, -0.2) is 127 Å². The van der Waals surface area contributed by atoms with Gasteiger partial charge in [0.05, 0.1) is 9.79 Å². The highest BCUT2D eigenvalue weighted by Gasteiger charge is 2.40. The number of unbranched alkanes of at least 4 members (excludes halogenated alkanes) is 2. The van der Waals surface area contributed by atoms with Gasteiger partial charge in [-0.1, -0.05) is 136 Å². The molecule has 0 spiro atoms. The number of esters is 1. The highest BCUT2D eigenvalue weighted by atomic mass is 32.2. The van der Waals surface area contributed by atoms with Crippen LogP contribution in [0, 0.1) is 41.5 Å². The number of sulfonamides is 2. The summed E-state index contributed by atoms with van der Waals surface area (Å²) in [5.74, 6) is -0.411. The molecule has 0 aromatic heterocycles. The van der Waals surface area contributed by atoms with Crippen molar-refractivity contribution in [1.82, 2.24) is 30.7 Å². The molecule has 0 saturated heterocycles. The second-order valence-corrected chi connectivity index (χ2v) is 31.2. The molecule has 2 aliphatic carbocycles. The molecule has 2 aliphatic heterocycles. The van der Waals surface area contributed by atoms with Gasteiger partial charge in [-0.3, -0.25) is 9.98 Å². The molecular weight excluding hydrogens is 1350 g/mol. The van der Waals surface area contributed by atoms with Crippen LogP contribution in [0.4, 0.5) is 9.59 Å². The number of aliphatic carboxylic acids is 1. The summed E-state index contributed by atoms with van der Waals surface area (Å²) in [5, 5.41) is 21.2. The van der Waals surface area contributed by atoms with E-state index in [1.54, 1.807) is 13.8 Å². The quantitative estimate of drug-likeness (QED) is 0.00600. The van der Waals surface area contributed by atoms with Gasteiger partial charge < -0.3 is 50.1 Å². The molecule has 2 amide bonds. The van der Waals surface area contributed by atoms with E-state index in [1.165, 1.54) is 6.08 Å². The average molecular weight is 1450 g/mol. The fourth-order valence-corrected chi connectivity index (χ4v) is 17.1. The van der Waals surface area contributed by atoms with E-state index in [2.05, 4.69) is 59.4 Å². The maximum absolute atomic E-state index is 14.0. The van der Waals surface area contributed by atoms with Crippen LogP contribution in [0.2, 0.25) is 0 Å². The topological polar surface area (TPSA) is 300 Å². The first kappa shape index (κ1) is 77.7. The molecule has 4 aliphatic rings. The number of carboxylic acids is 1. The van der Waals surface area contributed by atoms with Crippen LogP contribution in [0.3, 0.4) is 0 Å². The number of hydrogen-bond acceptors (Lipinski definition) is 15. The summed E-state index contributed by atoms with van der Waals surface area (Å²) in [4.78, 5) is 60.4. The van der Waals surface area contributed by atoms with E-state index in [9.17, 15) is 41.1 Å². The van der Waals surface area contributed by atoms with Crippen LogP contribution in [-0.2, 0) is 56.7 Å². The molecule has 0 radical (unpaired) electrons. The monoisotopic (exact) mass is 1450 g/mol. The Morgan fingerprint density at radius 2 is 0.903 bits per heavy atom. The van der Waals surface area contributed by atoms with Gasteiger partial charge in [0.1, 0.15) is 54.6 Å². The van der Waals surface area contributed by atoms with Gasteiger partial charge in [0.15, 0.2) is 0 Å². The molecule has 6 aromatic carbocycles. The molecule has 0 bridgehead atoms. The zero-order valence-electron chi connectivity index (χ0n) is 61.3. The number of ether oxygens (including phenoxy) is 5. The lowest BCUT2D eigenvalue weighted by atomic mass is 9.94. The molecular formula is C79H100N8O14S2. The van der Waals surface area contributed by atoms with Crippen LogP contribution < -0.4 is 40.2 Å². The zero-order valence-corrected chi connectivity index (χ0v) is 63.0. The fourth-order valence-electron chi connectivity index (χ4n) is 14.0. The van der Waals surface area contributed by atoms with E-state index in [-0.39, 0.29) is 85.7 Å². The lowest BCUT2D eigenvalue weighted by molar-refractivity contribution is -0.145. The van der Waals surface area contributed by atoms with Crippen molar-refractivity contribution in [2.24, 2.45) is 9.98 Å². The van der Waals surface area contributed by atoms with Crippen LogP contribution in [0.1, 0.15) is 172 Å². The second kappa shape index (κ2) is 33.8. The van der Waals surface area contributed by atoms with E-state index >= 15 is 0 Å². The van der Waals surface area contributed by atoms with Gasteiger partial charge in [0.25, 0.3) is 20.0 Å². The highest BCUT2D eigenvalue weighted by molar-refractivity contribution is 7.90. The van der Waals surface area contributed by atoms with Crippen LogP contribution in [0.25, 0.3) is 22.3 Å². The maximum atomic E-state index is 14.0. The Morgan fingerprint density at radius 3 is 1.26 bits per heavy atom. The Morgan fingerprint density at radius 1 is 0.544 bits per heavy atom. The SMILES string of the molecule is C=CCOC(=O)[C@H](CCCN=C(NCCCC)NS(=O)(=O)c1c(C)c(C)c2c(c1C)CC(C)(C)O2)NC(=O)OCC1c2ccccc2-c2ccccc21.CCCCNC(=NCCC[C@H](NC(=O)OCC1c2ccccc2-c2ccccc21)C(=O)O)NS(=O)(=O)c1c(C)c(C)c2c(c1C)CC(C)(C)O2. The number of carbonyl (C=O) groups is 4. The van der Waals surface area contributed by atoms with Crippen molar-refractivity contribution in [3.63, 3.8) is 0 Å². The molecule has 6 aromatic rings. The van der Waals surface area contributed by atoms with Crippen LogP contribution in [0.5, 0.6) is 11.5 Å². The summed E-state index contributed by atoms with van der Waals surface area (Å²) in [5.41, 5.74) is 13.8. The van der Waals surface area contributed by atoms with Crippen LogP contribution >= 0.6 is 0 Å².